The van der Waals surface area contributed by atoms with Crippen molar-refractivity contribution >= 4 is 17.9 Å². The Labute approximate surface area is 481 Å². The zero-order valence-corrected chi connectivity index (χ0v) is 52.3. The van der Waals surface area contributed by atoms with E-state index in [0.717, 1.165) is 57.8 Å². The number of allylic oxidation sites excluding steroid dienone is 4. The SMILES string of the molecule is CCCCCCCC/C=C\CCCCCCCCCCCCCC(=O)O[C@H](COC(=O)CCCCCCCCCCC/C=C\CCCCCCCC)COC(=O)CCCCCCCCCCCCCCCCCCCCC. The Bertz CT molecular complexity index is 1240. The van der Waals surface area contributed by atoms with Crippen molar-refractivity contribution in [1.82, 2.24) is 0 Å². The lowest BCUT2D eigenvalue weighted by Gasteiger charge is -2.18. The third-order valence-electron chi connectivity index (χ3n) is 15.9. The van der Waals surface area contributed by atoms with Gasteiger partial charge in [0.2, 0.25) is 0 Å². The molecule has 0 rings (SSSR count). The maximum atomic E-state index is 13.0. The van der Waals surface area contributed by atoms with E-state index in [9.17, 15) is 14.4 Å². The Morgan fingerprint density at radius 2 is 0.429 bits per heavy atom. The highest BCUT2D eigenvalue weighted by atomic mass is 16.6. The third kappa shape index (κ3) is 64.6. The van der Waals surface area contributed by atoms with Gasteiger partial charge in [0, 0.05) is 19.3 Å². The largest absolute Gasteiger partial charge is 0.462 e. The number of carbonyl (C=O) groups is 3. The van der Waals surface area contributed by atoms with Crippen LogP contribution in [0.4, 0.5) is 0 Å². The molecule has 0 aromatic heterocycles. The van der Waals surface area contributed by atoms with Crippen molar-refractivity contribution in [2.24, 2.45) is 0 Å². The molecule has 0 aliphatic carbocycles. The summed E-state index contributed by atoms with van der Waals surface area (Å²) in [6.07, 6.45) is 80.5. The molecule has 0 saturated heterocycles. The van der Waals surface area contributed by atoms with E-state index in [1.807, 2.05) is 0 Å². The summed E-state index contributed by atoms with van der Waals surface area (Å²) in [6, 6.07) is 0. The monoisotopic (exact) mass is 1080 g/mol. The molecule has 0 aromatic carbocycles. The minimum absolute atomic E-state index is 0.0662. The Morgan fingerprint density at radius 1 is 0.247 bits per heavy atom. The number of hydrogen-bond donors (Lipinski definition) is 0. The highest BCUT2D eigenvalue weighted by molar-refractivity contribution is 5.71. The van der Waals surface area contributed by atoms with Crippen molar-refractivity contribution < 1.29 is 28.6 Å². The summed E-state index contributed by atoms with van der Waals surface area (Å²) in [7, 11) is 0. The number of unbranched alkanes of at least 4 members (excludes halogenated alkanes) is 50. The Balaban J connectivity index is 4.31. The molecule has 0 amide bonds. The molecule has 1 atom stereocenters. The number of hydrogen-bond acceptors (Lipinski definition) is 6. The minimum Gasteiger partial charge on any atom is -0.462 e. The van der Waals surface area contributed by atoms with Gasteiger partial charge in [-0.1, -0.05) is 328 Å². The highest BCUT2D eigenvalue weighted by Gasteiger charge is 2.19. The van der Waals surface area contributed by atoms with Crippen molar-refractivity contribution in [2.75, 3.05) is 13.2 Å². The van der Waals surface area contributed by atoms with Gasteiger partial charge in [-0.25, -0.2) is 0 Å². The Hall–Kier alpha value is -2.11. The first-order valence-corrected chi connectivity index (χ1v) is 34.8. The van der Waals surface area contributed by atoms with Crippen LogP contribution in [0.2, 0.25) is 0 Å². The molecule has 0 aromatic rings. The zero-order chi connectivity index (χ0) is 55.7. The van der Waals surface area contributed by atoms with Crippen molar-refractivity contribution in [3.63, 3.8) is 0 Å². The van der Waals surface area contributed by atoms with Gasteiger partial charge >= 0.3 is 17.9 Å². The Kier molecular flexibility index (Phi) is 64.6. The molecule has 0 heterocycles. The number of ether oxygens (including phenoxy) is 3. The number of esters is 3. The van der Waals surface area contributed by atoms with E-state index >= 15 is 0 Å². The van der Waals surface area contributed by atoms with Crippen LogP contribution in [0.15, 0.2) is 24.3 Å². The van der Waals surface area contributed by atoms with Crippen LogP contribution in [0.25, 0.3) is 0 Å². The lowest BCUT2D eigenvalue weighted by atomic mass is 10.0. The average molecular weight is 1080 g/mol. The van der Waals surface area contributed by atoms with Gasteiger partial charge in [0.1, 0.15) is 13.2 Å². The van der Waals surface area contributed by atoms with E-state index < -0.39 is 6.10 Å². The second-order valence-electron chi connectivity index (χ2n) is 23.8. The fourth-order valence-electron chi connectivity index (χ4n) is 10.7. The molecule has 0 unspecified atom stereocenters. The molecule has 0 fully saturated rings. The fraction of sp³-hybridized carbons (Fsp3) is 0.901. The predicted octanol–water partition coefficient (Wildman–Crippen LogP) is 23.8. The first kappa shape index (κ1) is 74.9. The molecule has 0 N–H and O–H groups in total. The highest BCUT2D eigenvalue weighted by Crippen LogP contribution is 2.18. The molecule has 0 radical (unpaired) electrons. The average Bonchev–Trinajstić information content (AvgIpc) is 3.43. The summed E-state index contributed by atoms with van der Waals surface area (Å²) in [4.78, 5) is 38.5. The van der Waals surface area contributed by atoms with E-state index in [1.165, 1.54) is 295 Å². The maximum absolute atomic E-state index is 13.0. The first-order chi connectivity index (χ1) is 38.0. The predicted molar refractivity (Wildman–Crippen MR) is 335 cm³/mol. The van der Waals surface area contributed by atoms with Crippen molar-refractivity contribution in [3.05, 3.63) is 24.3 Å². The normalized spacial score (nSPS) is 12.1. The van der Waals surface area contributed by atoms with Crippen molar-refractivity contribution in [3.8, 4) is 0 Å². The van der Waals surface area contributed by atoms with Gasteiger partial charge in [0.05, 0.1) is 0 Å². The van der Waals surface area contributed by atoms with Gasteiger partial charge in [-0.05, 0) is 70.6 Å². The van der Waals surface area contributed by atoms with E-state index in [2.05, 4.69) is 45.1 Å². The second-order valence-corrected chi connectivity index (χ2v) is 23.8. The fourth-order valence-corrected chi connectivity index (χ4v) is 10.7. The molecule has 454 valence electrons. The van der Waals surface area contributed by atoms with Gasteiger partial charge < -0.3 is 14.2 Å². The van der Waals surface area contributed by atoms with Crippen LogP contribution < -0.4 is 0 Å². The van der Waals surface area contributed by atoms with Gasteiger partial charge in [-0.15, -0.1) is 0 Å². The van der Waals surface area contributed by atoms with Crippen LogP contribution in [0.1, 0.15) is 393 Å². The van der Waals surface area contributed by atoms with E-state index in [0.29, 0.717) is 19.3 Å². The molecule has 0 bridgehead atoms. The molecule has 6 nitrogen and oxygen atoms in total. The molecule has 0 saturated carbocycles. The van der Waals surface area contributed by atoms with Gasteiger partial charge in [-0.2, -0.15) is 0 Å². The van der Waals surface area contributed by atoms with Gasteiger partial charge in [0.25, 0.3) is 0 Å². The molecule has 0 aliphatic heterocycles. The summed E-state index contributed by atoms with van der Waals surface area (Å²) in [5.74, 6) is -0.837. The van der Waals surface area contributed by atoms with Crippen LogP contribution in [-0.4, -0.2) is 37.2 Å². The molecule has 6 heteroatoms. The van der Waals surface area contributed by atoms with Crippen LogP contribution in [0, 0.1) is 0 Å². The molecular formula is C71H134O6. The van der Waals surface area contributed by atoms with Gasteiger partial charge in [-0.3, -0.25) is 14.4 Å². The number of rotatable bonds is 65. The third-order valence-corrected chi connectivity index (χ3v) is 15.9. The molecule has 0 spiro atoms. The van der Waals surface area contributed by atoms with Crippen LogP contribution in [0.3, 0.4) is 0 Å². The van der Waals surface area contributed by atoms with E-state index in [1.54, 1.807) is 0 Å². The summed E-state index contributed by atoms with van der Waals surface area (Å²) in [5, 5.41) is 0. The van der Waals surface area contributed by atoms with Crippen molar-refractivity contribution in [1.29, 1.82) is 0 Å². The molecule has 0 aliphatic rings. The summed E-state index contributed by atoms with van der Waals surface area (Å²) in [5.41, 5.74) is 0. The minimum atomic E-state index is -0.770. The summed E-state index contributed by atoms with van der Waals surface area (Å²) >= 11 is 0. The van der Waals surface area contributed by atoms with Crippen LogP contribution in [-0.2, 0) is 28.6 Å². The summed E-state index contributed by atoms with van der Waals surface area (Å²) < 4.78 is 17.0. The molecular weight excluding hydrogens is 949 g/mol. The smallest absolute Gasteiger partial charge is 0.306 e. The van der Waals surface area contributed by atoms with Crippen LogP contribution >= 0.6 is 0 Å². The second kappa shape index (κ2) is 66.4. The quantitative estimate of drug-likeness (QED) is 0.0261. The number of carbonyl (C=O) groups excluding carboxylic acids is 3. The lowest BCUT2D eigenvalue weighted by Crippen LogP contribution is -2.30. The first-order valence-electron chi connectivity index (χ1n) is 34.8. The standard InChI is InChI=1S/C71H134O6/c1-4-7-10-13-16-19-22-25-28-31-34-35-38-41-44-47-50-53-56-59-62-65-71(74)77-68(66-75-69(72)63-60-57-54-51-48-45-42-39-36-32-29-26-23-20-17-14-11-8-5-2)67-76-70(73)64-61-58-55-52-49-46-43-40-37-33-30-27-24-21-18-15-12-9-6-3/h25-26,28-29,68H,4-24,27,30-67H2,1-3H3/b28-25-,29-26-/t68-/m1/s1. The molecule has 77 heavy (non-hydrogen) atoms. The van der Waals surface area contributed by atoms with Crippen LogP contribution in [0.5, 0.6) is 0 Å². The lowest BCUT2D eigenvalue weighted by molar-refractivity contribution is -0.167. The maximum Gasteiger partial charge on any atom is 0.306 e. The van der Waals surface area contributed by atoms with Gasteiger partial charge in [0.15, 0.2) is 6.10 Å². The topological polar surface area (TPSA) is 78.9 Å². The zero-order valence-electron chi connectivity index (χ0n) is 52.3. The van der Waals surface area contributed by atoms with Crippen molar-refractivity contribution in [2.45, 2.75) is 399 Å². The summed E-state index contributed by atoms with van der Waals surface area (Å²) in [6.45, 7) is 6.72. The van der Waals surface area contributed by atoms with E-state index in [4.69, 9.17) is 14.2 Å². The Morgan fingerprint density at radius 3 is 0.649 bits per heavy atom. The van der Waals surface area contributed by atoms with E-state index in [-0.39, 0.29) is 31.1 Å².